The van der Waals surface area contributed by atoms with Crippen LogP contribution >= 0.6 is 0 Å². The summed E-state index contributed by atoms with van der Waals surface area (Å²) < 4.78 is 55.4. The SMILES string of the molecule is Cc1cc(C)c(S(=O)(=O)N2CCC[C@@H](C(=O)Nc3c(F)cccc3F)C2)c(C)c1. The number of anilines is 1. The number of carbonyl (C=O) groups excluding carboxylic acids is 1. The van der Waals surface area contributed by atoms with Gasteiger partial charge >= 0.3 is 0 Å². The molecule has 156 valence electrons. The highest BCUT2D eigenvalue weighted by Gasteiger charge is 2.35. The van der Waals surface area contributed by atoms with Crippen LogP contribution in [0.3, 0.4) is 0 Å². The normalized spacial score (nSPS) is 17.9. The molecule has 1 heterocycles. The molecule has 5 nitrogen and oxygen atoms in total. The van der Waals surface area contributed by atoms with Crippen LogP contribution in [0.2, 0.25) is 0 Å². The van der Waals surface area contributed by atoms with Crippen molar-refractivity contribution in [2.24, 2.45) is 5.92 Å². The molecule has 29 heavy (non-hydrogen) atoms. The third-order valence-electron chi connectivity index (χ3n) is 5.17. The molecule has 3 rings (SSSR count). The van der Waals surface area contributed by atoms with Crippen LogP contribution in [0.1, 0.15) is 29.5 Å². The Morgan fingerprint density at radius 1 is 1.10 bits per heavy atom. The molecule has 0 saturated carbocycles. The maximum atomic E-state index is 13.8. The van der Waals surface area contributed by atoms with Crippen LogP contribution in [0.5, 0.6) is 0 Å². The molecule has 1 aliphatic rings. The van der Waals surface area contributed by atoms with Gasteiger partial charge in [-0.15, -0.1) is 0 Å². The molecule has 1 fully saturated rings. The lowest BCUT2D eigenvalue weighted by atomic mass is 9.98. The minimum absolute atomic E-state index is 0.0308. The number of nitrogens with zero attached hydrogens (tertiary/aromatic N) is 1. The Kier molecular flexibility index (Phi) is 6.05. The van der Waals surface area contributed by atoms with Gasteiger partial charge in [0.25, 0.3) is 0 Å². The van der Waals surface area contributed by atoms with Crippen LogP contribution in [0.4, 0.5) is 14.5 Å². The fourth-order valence-electron chi connectivity index (χ4n) is 3.92. The number of piperidine rings is 1. The van der Waals surface area contributed by atoms with E-state index in [4.69, 9.17) is 0 Å². The first-order chi connectivity index (χ1) is 13.6. The molecule has 2 aromatic rings. The Morgan fingerprint density at radius 3 is 2.28 bits per heavy atom. The van der Waals surface area contributed by atoms with E-state index in [1.54, 1.807) is 13.8 Å². The lowest BCUT2D eigenvalue weighted by molar-refractivity contribution is -0.120. The molecule has 0 aliphatic carbocycles. The van der Waals surface area contributed by atoms with E-state index in [1.807, 2.05) is 19.1 Å². The van der Waals surface area contributed by atoms with Crippen molar-refractivity contribution in [3.63, 3.8) is 0 Å². The molecule has 0 aromatic heterocycles. The van der Waals surface area contributed by atoms with Crippen LogP contribution < -0.4 is 5.32 Å². The summed E-state index contributed by atoms with van der Waals surface area (Å²) in [5.41, 5.74) is 1.77. The van der Waals surface area contributed by atoms with Gasteiger partial charge in [-0.3, -0.25) is 4.79 Å². The maximum absolute atomic E-state index is 13.8. The number of para-hydroxylation sites is 1. The van der Waals surface area contributed by atoms with E-state index in [9.17, 15) is 22.0 Å². The van der Waals surface area contributed by atoms with E-state index < -0.39 is 39.2 Å². The largest absolute Gasteiger partial charge is 0.321 e. The number of rotatable bonds is 4. The first-order valence-electron chi connectivity index (χ1n) is 9.44. The molecule has 0 spiro atoms. The van der Waals surface area contributed by atoms with Crippen LogP contribution in [0.15, 0.2) is 35.2 Å². The molecule has 0 bridgehead atoms. The van der Waals surface area contributed by atoms with E-state index in [2.05, 4.69) is 5.32 Å². The second-order valence-corrected chi connectivity index (χ2v) is 9.39. The lowest BCUT2D eigenvalue weighted by Gasteiger charge is -2.32. The van der Waals surface area contributed by atoms with Crippen LogP contribution in [-0.4, -0.2) is 31.7 Å². The fourth-order valence-corrected chi connectivity index (χ4v) is 5.86. The van der Waals surface area contributed by atoms with Crippen molar-refractivity contribution in [3.05, 3.63) is 58.7 Å². The summed E-state index contributed by atoms with van der Waals surface area (Å²) in [6.07, 6.45) is 0.931. The molecule has 1 N–H and O–H groups in total. The van der Waals surface area contributed by atoms with Gasteiger partial charge in [-0.2, -0.15) is 4.31 Å². The topological polar surface area (TPSA) is 66.5 Å². The van der Waals surface area contributed by atoms with Gasteiger partial charge in [0, 0.05) is 13.1 Å². The van der Waals surface area contributed by atoms with E-state index in [0.717, 1.165) is 17.7 Å². The van der Waals surface area contributed by atoms with Crippen molar-refractivity contribution in [2.45, 2.75) is 38.5 Å². The standard InChI is InChI=1S/C21H24F2N2O3S/c1-13-10-14(2)20(15(3)11-13)29(27,28)25-9-5-6-16(12-25)21(26)24-19-17(22)7-4-8-18(19)23/h4,7-8,10-11,16H,5-6,9,12H2,1-3H3,(H,24,26)/t16-/m1/s1. The number of hydrogen-bond donors (Lipinski definition) is 1. The monoisotopic (exact) mass is 422 g/mol. The van der Waals surface area contributed by atoms with E-state index in [0.29, 0.717) is 30.5 Å². The predicted molar refractivity (Wildman–Crippen MR) is 107 cm³/mol. The molecular weight excluding hydrogens is 398 g/mol. The van der Waals surface area contributed by atoms with Crippen molar-refractivity contribution in [1.82, 2.24) is 4.31 Å². The van der Waals surface area contributed by atoms with Gasteiger partial charge in [0.1, 0.15) is 17.3 Å². The Balaban J connectivity index is 1.83. The van der Waals surface area contributed by atoms with Crippen LogP contribution in [0, 0.1) is 38.3 Å². The van der Waals surface area contributed by atoms with Gasteiger partial charge in [0.2, 0.25) is 15.9 Å². The summed E-state index contributed by atoms with van der Waals surface area (Å²) in [5, 5.41) is 2.28. The number of benzene rings is 2. The van der Waals surface area contributed by atoms with Crippen molar-refractivity contribution in [2.75, 3.05) is 18.4 Å². The van der Waals surface area contributed by atoms with Crippen molar-refractivity contribution < 1.29 is 22.0 Å². The number of hydrogen-bond acceptors (Lipinski definition) is 3. The van der Waals surface area contributed by atoms with E-state index in [-0.39, 0.29) is 11.4 Å². The Morgan fingerprint density at radius 2 is 1.69 bits per heavy atom. The van der Waals surface area contributed by atoms with Crippen LogP contribution in [-0.2, 0) is 14.8 Å². The second kappa shape index (κ2) is 8.20. The number of aryl methyl sites for hydroxylation is 3. The lowest BCUT2D eigenvalue weighted by Crippen LogP contribution is -2.44. The molecule has 1 saturated heterocycles. The first kappa shape index (κ1) is 21.4. The molecule has 1 atom stereocenters. The number of nitrogens with one attached hydrogen (secondary N) is 1. The average Bonchev–Trinajstić information content (AvgIpc) is 2.63. The van der Waals surface area contributed by atoms with Crippen molar-refractivity contribution in [1.29, 1.82) is 0 Å². The van der Waals surface area contributed by atoms with E-state index in [1.165, 1.54) is 10.4 Å². The first-order valence-corrected chi connectivity index (χ1v) is 10.9. The highest BCUT2D eigenvalue weighted by molar-refractivity contribution is 7.89. The molecule has 1 amide bonds. The van der Waals surface area contributed by atoms with Gasteiger partial charge in [0.15, 0.2) is 0 Å². The summed E-state index contributed by atoms with van der Waals surface area (Å²) >= 11 is 0. The van der Waals surface area contributed by atoms with Crippen molar-refractivity contribution in [3.8, 4) is 0 Å². The highest BCUT2D eigenvalue weighted by Crippen LogP contribution is 2.29. The predicted octanol–water partition coefficient (Wildman–Crippen LogP) is 3.93. The third kappa shape index (κ3) is 4.33. The molecule has 1 aliphatic heterocycles. The molecular formula is C21H24F2N2O3S. The summed E-state index contributed by atoms with van der Waals surface area (Å²) in [6.45, 7) is 5.67. The smallest absolute Gasteiger partial charge is 0.243 e. The second-order valence-electron chi connectivity index (χ2n) is 7.52. The zero-order valence-corrected chi connectivity index (χ0v) is 17.4. The Bertz CT molecular complexity index is 1010. The molecule has 8 heteroatoms. The van der Waals surface area contributed by atoms with E-state index >= 15 is 0 Å². The van der Waals surface area contributed by atoms with Crippen molar-refractivity contribution >= 4 is 21.6 Å². The molecule has 2 aromatic carbocycles. The van der Waals surface area contributed by atoms with Gasteiger partial charge in [-0.05, 0) is 56.9 Å². The minimum atomic E-state index is -3.79. The number of sulfonamides is 1. The van der Waals surface area contributed by atoms with Gasteiger partial charge in [-0.25, -0.2) is 17.2 Å². The maximum Gasteiger partial charge on any atom is 0.243 e. The Hall–Kier alpha value is -2.32. The summed E-state index contributed by atoms with van der Waals surface area (Å²) in [4.78, 5) is 12.8. The quantitative estimate of drug-likeness (QED) is 0.812. The van der Waals surface area contributed by atoms with Crippen LogP contribution in [0.25, 0.3) is 0 Å². The number of carbonyl (C=O) groups is 1. The summed E-state index contributed by atoms with van der Waals surface area (Å²) in [7, 11) is -3.79. The summed E-state index contributed by atoms with van der Waals surface area (Å²) in [5.74, 6) is -3.02. The molecule has 0 radical (unpaired) electrons. The average molecular weight is 422 g/mol. The van der Waals surface area contributed by atoms with Gasteiger partial charge < -0.3 is 5.32 Å². The molecule has 0 unspecified atom stereocenters. The van der Waals surface area contributed by atoms with Gasteiger partial charge in [-0.1, -0.05) is 23.8 Å². The zero-order valence-electron chi connectivity index (χ0n) is 16.6. The highest BCUT2D eigenvalue weighted by atomic mass is 32.2. The number of amides is 1. The summed E-state index contributed by atoms with van der Waals surface area (Å²) in [6, 6.07) is 6.95. The fraction of sp³-hybridized carbons (Fsp3) is 0.381. The zero-order chi connectivity index (χ0) is 21.3. The minimum Gasteiger partial charge on any atom is -0.321 e. The Labute approximate surface area is 169 Å². The third-order valence-corrected chi connectivity index (χ3v) is 7.34. The number of halogens is 2. The van der Waals surface area contributed by atoms with Gasteiger partial charge in [0.05, 0.1) is 10.8 Å².